The van der Waals surface area contributed by atoms with Gasteiger partial charge in [-0.25, -0.2) is 0 Å². The highest BCUT2D eigenvalue weighted by Crippen LogP contribution is 2.04. The van der Waals surface area contributed by atoms with Crippen LogP contribution in [-0.2, 0) is 17.6 Å². The zero-order valence-corrected chi connectivity index (χ0v) is 13.5. The Kier molecular flexibility index (Phi) is 7.57. The van der Waals surface area contributed by atoms with Crippen LogP contribution in [0.1, 0.15) is 11.3 Å². The van der Waals surface area contributed by atoms with Crippen molar-refractivity contribution in [3.63, 3.8) is 0 Å². The van der Waals surface area contributed by atoms with Gasteiger partial charge in [0.15, 0.2) is 0 Å². The van der Waals surface area contributed by atoms with E-state index in [-0.39, 0.29) is 18.3 Å². The molecule has 2 N–H and O–H groups in total. The minimum Gasteiger partial charge on any atom is -0.344 e. The number of aromatic nitrogens is 1. The number of halogens is 1. The van der Waals surface area contributed by atoms with E-state index in [0.717, 1.165) is 17.7 Å². The van der Waals surface area contributed by atoms with E-state index >= 15 is 0 Å². The van der Waals surface area contributed by atoms with Gasteiger partial charge in [0, 0.05) is 31.9 Å². The third-order valence-electron chi connectivity index (χ3n) is 3.42. The lowest BCUT2D eigenvalue weighted by molar-refractivity contribution is -0.131. The Morgan fingerprint density at radius 3 is 2.50 bits per heavy atom. The predicted molar refractivity (Wildman–Crippen MR) is 90.9 cm³/mol. The summed E-state index contributed by atoms with van der Waals surface area (Å²) in [5.41, 5.74) is 8.07. The van der Waals surface area contributed by atoms with Crippen LogP contribution in [0.3, 0.4) is 0 Å². The van der Waals surface area contributed by atoms with Crippen LogP contribution in [0.4, 0.5) is 0 Å². The number of rotatable bonds is 6. The van der Waals surface area contributed by atoms with Crippen molar-refractivity contribution in [3.8, 4) is 0 Å². The minimum atomic E-state index is -0.499. The Labute approximate surface area is 137 Å². The molecule has 1 aromatic carbocycles. The normalized spacial score (nSPS) is 11.4. The van der Waals surface area contributed by atoms with Crippen LogP contribution in [0.2, 0.25) is 0 Å². The SMILES string of the molecule is CN(CCc1ccccn1)C(=O)[C@@H](N)Cc1ccccc1.Cl. The van der Waals surface area contributed by atoms with E-state index < -0.39 is 6.04 Å². The number of nitrogens with two attached hydrogens (primary N) is 1. The summed E-state index contributed by atoms with van der Waals surface area (Å²) in [5.74, 6) is -0.0326. The molecule has 1 aromatic heterocycles. The van der Waals surface area contributed by atoms with Crippen LogP contribution in [-0.4, -0.2) is 35.4 Å². The van der Waals surface area contributed by atoms with Crippen molar-refractivity contribution in [2.75, 3.05) is 13.6 Å². The molecule has 0 spiro atoms. The minimum absolute atomic E-state index is 0. The van der Waals surface area contributed by atoms with E-state index in [1.54, 1.807) is 18.1 Å². The maximum Gasteiger partial charge on any atom is 0.239 e. The predicted octanol–water partition coefficient (Wildman–Crippen LogP) is 2.07. The number of carbonyl (C=O) groups is 1. The monoisotopic (exact) mass is 319 g/mol. The fraction of sp³-hybridized carbons (Fsp3) is 0.294. The number of hydrogen-bond acceptors (Lipinski definition) is 3. The molecule has 0 radical (unpaired) electrons. The van der Waals surface area contributed by atoms with Crippen LogP contribution >= 0.6 is 12.4 Å². The molecule has 1 heterocycles. The van der Waals surface area contributed by atoms with Crippen molar-refractivity contribution in [2.45, 2.75) is 18.9 Å². The molecule has 0 saturated heterocycles. The van der Waals surface area contributed by atoms with Crippen molar-refractivity contribution in [1.82, 2.24) is 9.88 Å². The van der Waals surface area contributed by atoms with Gasteiger partial charge < -0.3 is 10.6 Å². The van der Waals surface area contributed by atoms with Crippen molar-refractivity contribution in [2.24, 2.45) is 5.73 Å². The second kappa shape index (κ2) is 9.18. The van der Waals surface area contributed by atoms with Crippen molar-refractivity contribution in [1.29, 1.82) is 0 Å². The van der Waals surface area contributed by atoms with Crippen molar-refractivity contribution < 1.29 is 4.79 Å². The van der Waals surface area contributed by atoms with Gasteiger partial charge in [0.2, 0.25) is 5.91 Å². The molecular formula is C17H22ClN3O. The van der Waals surface area contributed by atoms with Crippen LogP contribution in [0.5, 0.6) is 0 Å². The number of amides is 1. The summed E-state index contributed by atoms with van der Waals surface area (Å²) < 4.78 is 0. The quantitative estimate of drug-likeness (QED) is 0.886. The number of carbonyl (C=O) groups excluding carboxylic acids is 1. The molecule has 1 atom stereocenters. The Hall–Kier alpha value is -1.91. The summed E-state index contributed by atoms with van der Waals surface area (Å²) >= 11 is 0. The van der Waals surface area contributed by atoms with E-state index in [0.29, 0.717) is 13.0 Å². The average Bonchev–Trinajstić information content (AvgIpc) is 2.53. The van der Waals surface area contributed by atoms with Gasteiger partial charge in [-0.15, -0.1) is 12.4 Å². The van der Waals surface area contributed by atoms with Gasteiger partial charge in [0.25, 0.3) is 0 Å². The third kappa shape index (κ3) is 5.47. The summed E-state index contributed by atoms with van der Waals surface area (Å²) in [6.07, 6.45) is 3.06. The molecule has 0 unspecified atom stereocenters. The first-order valence-electron chi connectivity index (χ1n) is 7.11. The Bertz CT molecular complexity index is 563. The molecule has 2 aromatic rings. The number of pyridine rings is 1. The van der Waals surface area contributed by atoms with Gasteiger partial charge in [0.05, 0.1) is 6.04 Å². The summed E-state index contributed by atoms with van der Waals surface area (Å²) in [6.45, 7) is 0.623. The smallest absolute Gasteiger partial charge is 0.239 e. The highest BCUT2D eigenvalue weighted by Gasteiger charge is 2.18. The fourth-order valence-corrected chi connectivity index (χ4v) is 2.18. The lowest BCUT2D eigenvalue weighted by atomic mass is 10.1. The average molecular weight is 320 g/mol. The molecule has 1 amide bonds. The molecule has 22 heavy (non-hydrogen) atoms. The molecule has 5 heteroatoms. The van der Waals surface area contributed by atoms with Gasteiger partial charge in [-0.05, 0) is 24.1 Å². The first-order valence-corrected chi connectivity index (χ1v) is 7.11. The van der Waals surface area contributed by atoms with Gasteiger partial charge in [0.1, 0.15) is 0 Å². The van der Waals surface area contributed by atoms with Crippen LogP contribution in [0.25, 0.3) is 0 Å². The molecular weight excluding hydrogens is 298 g/mol. The van der Waals surface area contributed by atoms with Crippen molar-refractivity contribution in [3.05, 3.63) is 66.0 Å². The zero-order chi connectivity index (χ0) is 15.1. The number of likely N-dealkylation sites (N-methyl/N-ethyl adjacent to an activating group) is 1. The van der Waals surface area contributed by atoms with Crippen LogP contribution < -0.4 is 5.73 Å². The third-order valence-corrected chi connectivity index (χ3v) is 3.42. The summed E-state index contributed by atoms with van der Waals surface area (Å²) in [4.78, 5) is 18.2. The van der Waals surface area contributed by atoms with E-state index in [2.05, 4.69) is 4.98 Å². The van der Waals surface area contributed by atoms with Gasteiger partial charge in [-0.1, -0.05) is 36.4 Å². The molecule has 0 aliphatic heterocycles. The van der Waals surface area contributed by atoms with E-state index in [1.807, 2.05) is 48.5 Å². The van der Waals surface area contributed by atoms with Gasteiger partial charge >= 0.3 is 0 Å². The maximum absolute atomic E-state index is 12.2. The second-order valence-corrected chi connectivity index (χ2v) is 5.13. The molecule has 0 saturated carbocycles. The largest absolute Gasteiger partial charge is 0.344 e. The lowest BCUT2D eigenvalue weighted by Gasteiger charge is -2.21. The second-order valence-electron chi connectivity index (χ2n) is 5.13. The maximum atomic E-state index is 12.2. The van der Waals surface area contributed by atoms with Crippen molar-refractivity contribution >= 4 is 18.3 Å². The molecule has 0 fully saturated rings. The summed E-state index contributed by atoms with van der Waals surface area (Å²) in [5, 5.41) is 0. The van der Waals surface area contributed by atoms with E-state index in [4.69, 9.17) is 5.73 Å². The van der Waals surface area contributed by atoms with Crippen LogP contribution in [0, 0.1) is 0 Å². The van der Waals surface area contributed by atoms with Gasteiger partial charge in [-0.2, -0.15) is 0 Å². The Balaban J connectivity index is 0.00000242. The molecule has 0 aliphatic rings. The topological polar surface area (TPSA) is 59.2 Å². The standard InChI is InChI=1S/C17H21N3O.ClH/c1-20(12-10-15-9-5-6-11-19-15)17(21)16(18)13-14-7-3-2-4-8-14;/h2-9,11,16H,10,12-13,18H2,1H3;1H/t16-;/m0./s1. The zero-order valence-electron chi connectivity index (χ0n) is 12.7. The highest BCUT2D eigenvalue weighted by atomic mass is 35.5. The lowest BCUT2D eigenvalue weighted by Crippen LogP contribution is -2.43. The van der Waals surface area contributed by atoms with E-state index in [9.17, 15) is 4.79 Å². The first-order chi connectivity index (χ1) is 10.2. The molecule has 0 bridgehead atoms. The number of hydrogen-bond donors (Lipinski definition) is 1. The number of benzene rings is 1. The van der Waals surface area contributed by atoms with E-state index in [1.165, 1.54) is 0 Å². The van der Waals surface area contributed by atoms with Gasteiger partial charge in [-0.3, -0.25) is 9.78 Å². The molecule has 0 aliphatic carbocycles. The molecule has 4 nitrogen and oxygen atoms in total. The summed E-state index contributed by atoms with van der Waals surface area (Å²) in [7, 11) is 1.79. The Morgan fingerprint density at radius 2 is 1.86 bits per heavy atom. The number of nitrogens with zero attached hydrogens (tertiary/aromatic N) is 2. The highest BCUT2D eigenvalue weighted by molar-refractivity contribution is 5.85. The first kappa shape index (κ1) is 18.1. The molecule has 2 rings (SSSR count). The van der Waals surface area contributed by atoms with Crippen LogP contribution in [0.15, 0.2) is 54.7 Å². The fourth-order valence-electron chi connectivity index (χ4n) is 2.18. The molecule has 118 valence electrons. The summed E-state index contributed by atoms with van der Waals surface area (Å²) in [6, 6.07) is 15.1. The Morgan fingerprint density at radius 1 is 1.18 bits per heavy atom.